The van der Waals surface area contributed by atoms with E-state index in [1.54, 1.807) is 23.3 Å². The Kier molecular flexibility index (Phi) is 1.46. The van der Waals surface area contributed by atoms with E-state index in [1.165, 1.54) is 6.33 Å². The molecule has 3 aromatic rings. The lowest BCUT2D eigenvalue weighted by molar-refractivity contribution is 0.853. The zero-order chi connectivity index (χ0) is 10.3. The van der Waals surface area contributed by atoms with E-state index in [1.807, 2.05) is 0 Å². The second kappa shape index (κ2) is 2.77. The van der Waals surface area contributed by atoms with Crippen molar-refractivity contribution in [2.45, 2.75) is 0 Å². The first-order valence-corrected chi connectivity index (χ1v) is 4.30. The first kappa shape index (κ1) is 7.92. The predicted octanol–water partition coefficient (Wildman–Crippen LogP) is 0.121. The van der Waals surface area contributed by atoms with Gasteiger partial charge in [-0.15, -0.1) is 5.10 Å². The molecular weight excluding hydrogens is 194 g/mol. The van der Waals surface area contributed by atoms with Gasteiger partial charge >= 0.3 is 0 Å². The van der Waals surface area contributed by atoms with Crippen LogP contribution < -0.4 is 5.73 Å². The molecule has 0 aliphatic carbocycles. The van der Waals surface area contributed by atoms with E-state index in [4.69, 9.17) is 5.73 Å². The molecule has 3 N–H and O–H groups in total. The van der Waals surface area contributed by atoms with E-state index in [-0.39, 0.29) is 0 Å². The van der Waals surface area contributed by atoms with Gasteiger partial charge in [-0.05, 0) is 0 Å². The van der Waals surface area contributed by atoms with Crippen LogP contribution >= 0.6 is 0 Å². The van der Waals surface area contributed by atoms with Crippen LogP contribution in [0.1, 0.15) is 0 Å². The molecule has 15 heavy (non-hydrogen) atoms. The van der Waals surface area contributed by atoms with Gasteiger partial charge in [-0.25, -0.2) is 19.6 Å². The molecule has 7 nitrogen and oxygen atoms in total. The molecule has 0 spiro atoms. The van der Waals surface area contributed by atoms with Crippen LogP contribution in [-0.4, -0.2) is 29.7 Å². The summed E-state index contributed by atoms with van der Waals surface area (Å²) in [5.74, 6) is 1.08. The maximum atomic E-state index is 5.53. The van der Waals surface area contributed by atoms with Crippen molar-refractivity contribution in [1.82, 2.24) is 29.7 Å². The summed E-state index contributed by atoms with van der Waals surface area (Å²) in [4.78, 5) is 15.1. The highest BCUT2D eigenvalue weighted by Crippen LogP contribution is 2.13. The number of hydrogen-bond donors (Lipinski definition) is 2. The summed E-state index contributed by atoms with van der Waals surface area (Å²) in [6, 6.07) is 1.70. The third-order valence-electron chi connectivity index (χ3n) is 2.03. The minimum Gasteiger partial charge on any atom is -0.382 e. The summed E-state index contributed by atoms with van der Waals surface area (Å²) in [6.07, 6.45) is 4.74. The maximum Gasteiger partial charge on any atom is 0.182 e. The van der Waals surface area contributed by atoms with Crippen molar-refractivity contribution in [2.24, 2.45) is 0 Å². The highest BCUT2D eigenvalue weighted by molar-refractivity contribution is 5.77. The number of nitrogens with zero attached hydrogens (tertiary/aromatic N) is 5. The second-order valence-corrected chi connectivity index (χ2v) is 2.98. The van der Waals surface area contributed by atoms with Gasteiger partial charge in [0, 0.05) is 12.3 Å². The monoisotopic (exact) mass is 201 g/mol. The topological polar surface area (TPSA) is 98.3 Å². The Bertz CT molecular complexity index is 608. The summed E-state index contributed by atoms with van der Waals surface area (Å²) in [5.41, 5.74) is 6.88. The van der Waals surface area contributed by atoms with Gasteiger partial charge in [0.1, 0.15) is 17.7 Å². The number of H-pyrrole nitrogens is 1. The molecule has 74 valence electrons. The third kappa shape index (κ3) is 1.13. The Morgan fingerprint density at radius 2 is 2.20 bits per heavy atom. The van der Waals surface area contributed by atoms with Crippen LogP contribution in [0.3, 0.4) is 0 Å². The van der Waals surface area contributed by atoms with Crippen molar-refractivity contribution in [3.05, 3.63) is 24.9 Å². The van der Waals surface area contributed by atoms with Crippen molar-refractivity contribution in [3.8, 4) is 5.82 Å². The molecule has 0 radical (unpaired) electrons. The number of rotatable bonds is 1. The molecule has 0 aliphatic rings. The lowest BCUT2D eigenvalue weighted by Gasteiger charge is -1.99. The Labute approximate surface area is 84.0 Å². The number of anilines is 1. The van der Waals surface area contributed by atoms with Gasteiger partial charge in [0.05, 0.1) is 6.33 Å². The van der Waals surface area contributed by atoms with Crippen LogP contribution in [0.25, 0.3) is 17.0 Å². The quantitative estimate of drug-likeness (QED) is 0.582. The molecule has 0 saturated heterocycles. The molecule has 0 amide bonds. The van der Waals surface area contributed by atoms with Gasteiger partial charge in [0.15, 0.2) is 11.5 Å². The maximum absolute atomic E-state index is 5.53. The SMILES string of the molecule is Nc1ccn(-c2ncnc3nc[nH]c23)n1. The first-order chi connectivity index (χ1) is 7.34. The summed E-state index contributed by atoms with van der Waals surface area (Å²) in [5, 5.41) is 4.07. The summed E-state index contributed by atoms with van der Waals surface area (Å²) >= 11 is 0. The van der Waals surface area contributed by atoms with E-state index in [0.29, 0.717) is 17.3 Å². The summed E-state index contributed by atoms with van der Waals surface area (Å²) in [6.45, 7) is 0. The summed E-state index contributed by atoms with van der Waals surface area (Å²) in [7, 11) is 0. The molecule has 0 aromatic carbocycles. The van der Waals surface area contributed by atoms with Gasteiger partial charge in [-0.3, -0.25) is 0 Å². The van der Waals surface area contributed by atoms with Crippen LogP contribution in [0.15, 0.2) is 24.9 Å². The average molecular weight is 201 g/mol. The van der Waals surface area contributed by atoms with Gasteiger partial charge in [0.25, 0.3) is 0 Å². The first-order valence-electron chi connectivity index (χ1n) is 4.30. The zero-order valence-corrected chi connectivity index (χ0v) is 7.62. The molecule has 0 unspecified atom stereocenters. The number of hydrogen-bond acceptors (Lipinski definition) is 5. The van der Waals surface area contributed by atoms with Crippen LogP contribution in [-0.2, 0) is 0 Å². The van der Waals surface area contributed by atoms with E-state index in [2.05, 4.69) is 25.0 Å². The van der Waals surface area contributed by atoms with Crippen molar-refractivity contribution < 1.29 is 0 Å². The fraction of sp³-hybridized carbons (Fsp3) is 0. The molecule has 3 heterocycles. The fourth-order valence-electron chi connectivity index (χ4n) is 1.38. The zero-order valence-electron chi connectivity index (χ0n) is 7.62. The van der Waals surface area contributed by atoms with Crippen LogP contribution in [0.5, 0.6) is 0 Å². The third-order valence-corrected chi connectivity index (χ3v) is 2.03. The molecule has 0 fully saturated rings. The number of fused-ring (bicyclic) bond motifs is 1. The Hall–Kier alpha value is -2.44. The van der Waals surface area contributed by atoms with Crippen molar-refractivity contribution in [2.75, 3.05) is 5.73 Å². The van der Waals surface area contributed by atoms with Crippen molar-refractivity contribution in [3.63, 3.8) is 0 Å². The largest absolute Gasteiger partial charge is 0.382 e. The van der Waals surface area contributed by atoms with Gasteiger partial charge in [0.2, 0.25) is 0 Å². The normalized spacial score (nSPS) is 10.9. The Morgan fingerprint density at radius 3 is 3.00 bits per heavy atom. The van der Waals surface area contributed by atoms with Gasteiger partial charge in [-0.1, -0.05) is 0 Å². The van der Waals surface area contributed by atoms with E-state index in [0.717, 1.165) is 5.52 Å². The van der Waals surface area contributed by atoms with Crippen LogP contribution in [0.4, 0.5) is 5.82 Å². The number of imidazole rings is 1. The highest BCUT2D eigenvalue weighted by Gasteiger charge is 2.08. The highest BCUT2D eigenvalue weighted by atomic mass is 15.3. The standard InChI is InChI=1S/C8H7N7/c9-5-1-2-15(14-5)8-6-7(11-3-10-6)12-4-13-8/h1-4H,(H2,9,14)(H,10,11,12,13). The molecule has 0 atom stereocenters. The van der Waals surface area contributed by atoms with Crippen molar-refractivity contribution >= 4 is 17.0 Å². The van der Waals surface area contributed by atoms with Gasteiger partial charge in [-0.2, -0.15) is 0 Å². The van der Waals surface area contributed by atoms with E-state index >= 15 is 0 Å². The molecule has 0 saturated carbocycles. The van der Waals surface area contributed by atoms with Crippen LogP contribution in [0.2, 0.25) is 0 Å². The second-order valence-electron chi connectivity index (χ2n) is 2.98. The molecular formula is C8H7N7. The molecule has 0 bridgehead atoms. The van der Waals surface area contributed by atoms with Gasteiger partial charge < -0.3 is 10.7 Å². The smallest absolute Gasteiger partial charge is 0.182 e. The summed E-state index contributed by atoms with van der Waals surface area (Å²) < 4.78 is 1.58. The molecule has 7 heteroatoms. The average Bonchev–Trinajstić information content (AvgIpc) is 2.84. The van der Waals surface area contributed by atoms with E-state index < -0.39 is 0 Å². The minimum atomic E-state index is 0.446. The minimum absolute atomic E-state index is 0.446. The lowest BCUT2D eigenvalue weighted by Crippen LogP contribution is -2.01. The molecule has 3 rings (SSSR count). The number of nitrogen functional groups attached to an aromatic ring is 1. The molecule has 3 aromatic heterocycles. The Balaban J connectivity index is 2.30. The van der Waals surface area contributed by atoms with E-state index in [9.17, 15) is 0 Å². The number of aromatic nitrogens is 6. The number of nitrogens with one attached hydrogen (secondary N) is 1. The number of aromatic amines is 1. The van der Waals surface area contributed by atoms with Crippen molar-refractivity contribution in [1.29, 1.82) is 0 Å². The molecule has 0 aliphatic heterocycles. The number of nitrogens with two attached hydrogens (primary N) is 1. The lowest BCUT2D eigenvalue weighted by atomic mass is 10.5. The Morgan fingerprint density at radius 1 is 1.27 bits per heavy atom. The van der Waals surface area contributed by atoms with Crippen LogP contribution in [0, 0.1) is 0 Å². The fourth-order valence-corrected chi connectivity index (χ4v) is 1.38. The predicted molar refractivity (Wildman–Crippen MR) is 53.2 cm³/mol.